The molecule has 5 heteroatoms. The Morgan fingerprint density at radius 1 is 1.60 bits per heavy atom. The van der Waals surface area contributed by atoms with E-state index in [1.165, 1.54) is 13.0 Å². The van der Waals surface area contributed by atoms with Gasteiger partial charge >= 0.3 is 29.6 Å². The summed E-state index contributed by atoms with van der Waals surface area (Å²) in [6.45, 7) is 4.83. The first-order chi connectivity index (χ1) is 3.95. The van der Waals surface area contributed by atoms with Crippen molar-refractivity contribution in [2.24, 2.45) is 0 Å². The molecule has 0 aromatic carbocycles. The van der Waals surface area contributed by atoms with Crippen molar-refractivity contribution >= 4 is 39.7 Å². The van der Waals surface area contributed by atoms with Gasteiger partial charge in [-0.3, -0.25) is 4.55 Å². The molecule has 0 aliphatic heterocycles. The monoisotopic (exact) mass is 172 g/mol. The number of allylic oxidation sites excluding steroid dienone is 2. The van der Waals surface area contributed by atoms with Crippen LogP contribution in [0.5, 0.6) is 0 Å². The summed E-state index contributed by atoms with van der Waals surface area (Å²) < 4.78 is 28.2. The van der Waals surface area contributed by atoms with Crippen molar-refractivity contribution in [2.75, 3.05) is 0 Å². The van der Waals surface area contributed by atoms with Crippen molar-refractivity contribution in [3.63, 3.8) is 0 Å². The molecule has 0 bridgehead atoms. The SMILES string of the molecule is C=C/C(C)=C/S(=O)(=O)O.[NaH]. The van der Waals surface area contributed by atoms with Crippen LogP contribution in [0.2, 0.25) is 0 Å². The van der Waals surface area contributed by atoms with Gasteiger partial charge in [0.15, 0.2) is 0 Å². The fourth-order valence-corrected chi connectivity index (χ4v) is 0.849. The van der Waals surface area contributed by atoms with Crippen LogP contribution in [0.25, 0.3) is 0 Å². The zero-order valence-corrected chi connectivity index (χ0v) is 5.85. The molecular formula is C5H9NaO3S. The fourth-order valence-electron chi connectivity index (χ4n) is 0.283. The summed E-state index contributed by atoms with van der Waals surface area (Å²) in [5, 5.41) is 0.736. The van der Waals surface area contributed by atoms with Crippen LogP contribution in [0.4, 0.5) is 0 Å². The molecule has 1 N–H and O–H groups in total. The molecule has 0 aliphatic carbocycles. The van der Waals surface area contributed by atoms with E-state index in [9.17, 15) is 8.42 Å². The number of hydrogen-bond donors (Lipinski definition) is 1. The second-order valence-electron chi connectivity index (χ2n) is 1.58. The third-order valence-electron chi connectivity index (χ3n) is 0.657. The van der Waals surface area contributed by atoms with Crippen LogP contribution in [-0.2, 0) is 10.1 Å². The topological polar surface area (TPSA) is 54.4 Å². The summed E-state index contributed by atoms with van der Waals surface area (Å²) in [5.74, 6) is 0. The fraction of sp³-hybridized carbons (Fsp3) is 0.200. The van der Waals surface area contributed by atoms with Gasteiger partial charge in [-0.05, 0) is 12.5 Å². The van der Waals surface area contributed by atoms with Crippen LogP contribution >= 0.6 is 0 Å². The summed E-state index contributed by atoms with van der Waals surface area (Å²) in [7, 11) is -3.97. The van der Waals surface area contributed by atoms with Crippen LogP contribution in [0.15, 0.2) is 23.6 Å². The first-order valence-electron chi connectivity index (χ1n) is 2.24. The summed E-state index contributed by atoms with van der Waals surface area (Å²) in [6.07, 6.45) is 1.34. The van der Waals surface area contributed by atoms with Crippen LogP contribution in [0, 0.1) is 0 Å². The first kappa shape index (κ1) is 13.0. The molecule has 0 saturated heterocycles. The van der Waals surface area contributed by atoms with Gasteiger partial charge in [0.1, 0.15) is 0 Å². The Labute approximate surface area is 82.9 Å². The van der Waals surface area contributed by atoms with Crippen LogP contribution in [0.1, 0.15) is 6.92 Å². The average Bonchev–Trinajstić information content (AvgIpc) is 1.62. The molecule has 0 amide bonds. The van der Waals surface area contributed by atoms with E-state index in [2.05, 4.69) is 6.58 Å². The Bertz CT molecular complexity index is 227. The van der Waals surface area contributed by atoms with E-state index in [0.29, 0.717) is 5.57 Å². The molecule has 0 aromatic heterocycles. The zero-order chi connectivity index (χ0) is 7.49. The molecular weight excluding hydrogens is 163 g/mol. The second kappa shape index (κ2) is 5.09. The summed E-state index contributed by atoms with van der Waals surface area (Å²) in [4.78, 5) is 0. The maximum absolute atomic E-state index is 10.0. The maximum atomic E-state index is 10.0. The standard InChI is InChI=1S/C5H8O3S.Na.H/c1-3-5(2)4-9(6,7)8;;/h3-4H,1H2,2H3,(H,6,7,8);;/b5-4+;;. The molecule has 54 valence electrons. The molecule has 0 rings (SSSR count). The van der Waals surface area contributed by atoms with E-state index in [0.717, 1.165) is 5.41 Å². The Morgan fingerprint density at radius 3 is 2.10 bits per heavy atom. The van der Waals surface area contributed by atoms with E-state index in [1.807, 2.05) is 0 Å². The molecule has 0 radical (unpaired) electrons. The Kier molecular flexibility index (Phi) is 6.63. The van der Waals surface area contributed by atoms with Crippen LogP contribution < -0.4 is 0 Å². The molecule has 10 heavy (non-hydrogen) atoms. The van der Waals surface area contributed by atoms with E-state index in [-0.39, 0.29) is 29.6 Å². The van der Waals surface area contributed by atoms with Crippen LogP contribution in [0.3, 0.4) is 0 Å². The minimum absolute atomic E-state index is 0. The van der Waals surface area contributed by atoms with Crippen molar-refractivity contribution in [3.8, 4) is 0 Å². The summed E-state index contributed by atoms with van der Waals surface area (Å²) >= 11 is 0. The summed E-state index contributed by atoms with van der Waals surface area (Å²) in [5.41, 5.74) is 0.414. The van der Waals surface area contributed by atoms with Gasteiger partial charge in [-0.15, -0.1) is 0 Å². The van der Waals surface area contributed by atoms with Gasteiger partial charge in [0, 0.05) is 0 Å². The predicted octanol–water partition coefficient (Wildman–Crippen LogP) is 0.315. The van der Waals surface area contributed by atoms with Crippen molar-refractivity contribution in [1.29, 1.82) is 0 Å². The molecule has 0 heterocycles. The van der Waals surface area contributed by atoms with E-state index in [4.69, 9.17) is 4.55 Å². The average molecular weight is 172 g/mol. The third kappa shape index (κ3) is 8.39. The Balaban J connectivity index is 0. The van der Waals surface area contributed by atoms with Crippen molar-refractivity contribution in [1.82, 2.24) is 0 Å². The van der Waals surface area contributed by atoms with Gasteiger partial charge in [-0.25, -0.2) is 0 Å². The predicted molar refractivity (Wildman–Crippen MR) is 42.7 cm³/mol. The van der Waals surface area contributed by atoms with Gasteiger partial charge in [-0.1, -0.05) is 12.7 Å². The van der Waals surface area contributed by atoms with E-state index < -0.39 is 10.1 Å². The normalized spacial score (nSPS) is 12.0. The van der Waals surface area contributed by atoms with Crippen LogP contribution in [-0.4, -0.2) is 42.5 Å². The van der Waals surface area contributed by atoms with Gasteiger partial charge in [0.05, 0.1) is 5.41 Å². The molecule has 0 spiro atoms. The summed E-state index contributed by atoms with van der Waals surface area (Å²) in [6, 6.07) is 0. The van der Waals surface area contributed by atoms with Gasteiger partial charge in [-0.2, -0.15) is 8.42 Å². The van der Waals surface area contributed by atoms with Crippen molar-refractivity contribution in [3.05, 3.63) is 23.6 Å². The van der Waals surface area contributed by atoms with Gasteiger partial charge in [0.2, 0.25) is 0 Å². The number of rotatable bonds is 2. The quantitative estimate of drug-likeness (QED) is 0.370. The van der Waals surface area contributed by atoms with Gasteiger partial charge in [0.25, 0.3) is 10.1 Å². The Hall–Kier alpha value is 0.390. The van der Waals surface area contributed by atoms with Crippen molar-refractivity contribution in [2.45, 2.75) is 6.92 Å². The van der Waals surface area contributed by atoms with E-state index >= 15 is 0 Å². The van der Waals surface area contributed by atoms with E-state index in [1.54, 1.807) is 0 Å². The molecule has 3 nitrogen and oxygen atoms in total. The third-order valence-corrected chi connectivity index (χ3v) is 1.33. The molecule has 0 aromatic rings. The first-order valence-corrected chi connectivity index (χ1v) is 3.74. The molecule has 0 saturated carbocycles. The van der Waals surface area contributed by atoms with Crippen molar-refractivity contribution < 1.29 is 13.0 Å². The Morgan fingerprint density at radius 2 is 2.00 bits per heavy atom. The molecule has 0 unspecified atom stereocenters. The minimum atomic E-state index is -3.97. The number of hydrogen-bond acceptors (Lipinski definition) is 2. The second-order valence-corrected chi connectivity index (χ2v) is 2.85. The molecule has 0 fully saturated rings. The molecule has 0 atom stereocenters. The zero-order valence-electron chi connectivity index (χ0n) is 5.03. The molecule has 0 aliphatic rings. The van der Waals surface area contributed by atoms with Gasteiger partial charge < -0.3 is 0 Å².